The number of piperidine rings is 1. The fraction of sp³-hybridized carbons (Fsp3) is 0.429. The molecule has 1 saturated heterocycles. The molecule has 2 N–H and O–H groups in total. The van der Waals surface area contributed by atoms with Crippen molar-refractivity contribution >= 4 is 41.0 Å². The summed E-state index contributed by atoms with van der Waals surface area (Å²) in [5.74, 6) is -1.77. The molecule has 1 aromatic heterocycles. The van der Waals surface area contributed by atoms with Crippen molar-refractivity contribution in [3.05, 3.63) is 28.0 Å². The molecule has 2 amide bonds. The molecular weight excluding hydrogens is 345 g/mol. The lowest BCUT2D eigenvalue weighted by Crippen LogP contribution is -2.51. The first-order valence-corrected chi connectivity index (χ1v) is 7.72. The number of pyridine rings is 1. The minimum absolute atomic E-state index is 0.0666. The molecule has 0 aromatic carbocycles. The summed E-state index contributed by atoms with van der Waals surface area (Å²) in [5.41, 5.74) is 5.38. The van der Waals surface area contributed by atoms with E-state index in [1.807, 2.05) is 0 Å². The van der Waals surface area contributed by atoms with Gasteiger partial charge in [-0.15, -0.1) is 0 Å². The molecule has 124 valence electrons. The molecule has 0 bridgehead atoms. The number of halogens is 2. The number of hydrogen-bond acceptors (Lipinski definition) is 5. The molecule has 0 radical (unpaired) electrons. The largest absolute Gasteiger partial charge is 0.452 e. The van der Waals surface area contributed by atoms with Gasteiger partial charge in [0.25, 0.3) is 5.91 Å². The van der Waals surface area contributed by atoms with Crippen molar-refractivity contribution in [3.8, 4) is 0 Å². The zero-order valence-electron chi connectivity index (χ0n) is 12.1. The van der Waals surface area contributed by atoms with E-state index < -0.39 is 30.4 Å². The molecule has 0 aliphatic carbocycles. The number of amides is 2. The van der Waals surface area contributed by atoms with Gasteiger partial charge in [-0.05, 0) is 25.3 Å². The second-order valence-corrected chi connectivity index (χ2v) is 5.84. The van der Waals surface area contributed by atoms with Crippen LogP contribution < -0.4 is 5.73 Å². The predicted molar refractivity (Wildman–Crippen MR) is 83.1 cm³/mol. The molecule has 0 spiro atoms. The number of rotatable bonds is 4. The Labute approximate surface area is 142 Å². The summed E-state index contributed by atoms with van der Waals surface area (Å²) in [6.45, 7) is -0.0683. The highest BCUT2D eigenvalue weighted by molar-refractivity contribution is 6.41. The molecule has 1 aliphatic heterocycles. The Morgan fingerprint density at radius 3 is 2.74 bits per heavy atom. The average molecular weight is 360 g/mol. The number of primary amides is 1. The third kappa shape index (κ3) is 4.33. The van der Waals surface area contributed by atoms with Crippen LogP contribution in [-0.2, 0) is 14.3 Å². The van der Waals surface area contributed by atoms with Gasteiger partial charge in [0, 0.05) is 12.7 Å². The Bertz CT molecular complexity index is 638. The highest BCUT2D eigenvalue weighted by Gasteiger charge is 2.31. The van der Waals surface area contributed by atoms with Crippen molar-refractivity contribution in [1.82, 2.24) is 9.88 Å². The zero-order chi connectivity index (χ0) is 17.0. The van der Waals surface area contributed by atoms with E-state index >= 15 is 0 Å². The summed E-state index contributed by atoms with van der Waals surface area (Å²) in [6, 6.07) is 0.651. The standard InChI is InChI=1S/C14H15Cl2N3O4/c15-9-5-8(6-18-12(9)16)14(22)23-7-11(20)19-4-2-1-3-10(19)13(17)21/h5-6,10H,1-4,7H2,(H2,17,21)/t10-/m0/s1. The molecule has 2 rings (SSSR count). The number of esters is 1. The van der Waals surface area contributed by atoms with Crippen molar-refractivity contribution in [1.29, 1.82) is 0 Å². The quantitative estimate of drug-likeness (QED) is 0.646. The molecular formula is C14H15Cl2N3O4. The van der Waals surface area contributed by atoms with Gasteiger partial charge < -0.3 is 15.4 Å². The highest BCUT2D eigenvalue weighted by Crippen LogP contribution is 2.20. The lowest BCUT2D eigenvalue weighted by molar-refractivity contribution is -0.143. The topological polar surface area (TPSA) is 103 Å². The van der Waals surface area contributed by atoms with E-state index in [1.54, 1.807) is 0 Å². The van der Waals surface area contributed by atoms with Crippen LogP contribution in [0, 0.1) is 0 Å². The SMILES string of the molecule is NC(=O)[C@@H]1CCCCN1C(=O)COC(=O)c1cnc(Cl)c(Cl)c1. The van der Waals surface area contributed by atoms with Crippen LogP contribution in [0.3, 0.4) is 0 Å². The normalized spacial score (nSPS) is 17.7. The first-order valence-electron chi connectivity index (χ1n) is 6.97. The van der Waals surface area contributed by atoms with E-state index in [4.69, 9.17) is 33.7 Å². The summed E-state index contributed by atoms with van der Waals surface area (Å²) >= 11 is 11.4. The van der Waals surface area contributed by atoms with Gasteiger partial charge in [0.15, 0.2) is 6.61 Å². The summed E-state index contributed by atoms with van der Waals surface area (Å²) in [4.78, 5) is 40.5. The van der Waals surface area contributed by atoms with Crippen molar-refractivity contribution < 1.29 is 19.1 Å². The van der Waals surface area contributed by atoms with Crippen molar-refractivity contribution in [2.24, 2.45) is 5.73 Å². The van der Waals surface area contributed by atoms with Crippen LogP contribution in [0.5, 0.6) is 0 Å². The fourth-order valence-electron chi connectivity index (χ4n) is 2.35. The highest BCUT2D eigenvalue weighted by atomic mass is 35.5. The number of hydrogen-bond donors (Lipinski definition) is 1. The Morgan fingerprint density at radius 2 is 2.09 bits per heavy atom. The fourth-order valence-corrected chi connectivity index (χ4v) is 2.62. The number of carbonyl (C=O) groups is 3. The second-order valence-electron chi connectivity index (χ2n) is 5.07. The summed E-state index contributed by atoms with van der Waals surface area (Å²) in [5, 5.41) is 0.175. The molecule has 2 heterocycles. The zero-order valence-corrected chi connectivity index (χ0v) is 13.6. The van der Waals surface area contributed by atoms with E-state index in [1.165, 1.54) is 17.2 Å². The minimum Gasteiger partial charge on any atom is -0.452 e. The Morgan fingerprint density at radius 1 is 1.35 bits per heavy atom. The van der Waals surface area contributed by atoms with E-state index in [0.29, 0.717) is 13.0 Å². The van der Waals surface area contributed by atoms with Gasteiger partial charge in [-0.3, -0.25) is 9.59 Å². The van der Waals surface area contributed by atoms with E-state index in [0.717, 1.165) is 12.8 Å². The van der Waals surface area contributed by atoms with Crippen LogP contribution in [0.4, 0.5) is 0 Å². The molecule has 7 nitrogen and oxygen atoms in total. The van der Waals surface area contributed by atoms with Crippen LogP contribution in [0.2, 0.25) is 10.2 Å². The number of aromatic nitrogens is 1. The Kier molecular flexibility index (Phi) is 5.79. The van der Waals surface area contributed by atoms with Crippen molar-refractivity contribution in [2.45, 2.75) is 25.3 Å². The van der Waals surface area contributed by atoms with E-state index in [-0.39, 0.29) is 15.7 Å². The van der Waals surface area contributed by atoms with Crippen LogP contribution in [0.25, 0.3) is 0 Å². The lowest BCUT2D eigenvalue weighted by Gasteiger charge is -2.33. The van der Waals surface area contributed by atoms with Crippen molar-refractivity contribution in [3.63, 3.8) is 0 Å². The number of likely N-dealkylation sites (tertiary alicyclic amines) is 1. The summed E-state index contributed by atoms with van der Waals surface area (Å²) in [6.07, 6.45) is 3.33. The first kappa shape index (κ1) is 17.5. The van der Waals surface area contributed by atoms with Gasteiger partial charge in [0.1, 0.15) is 11.2 Å². The molecule has 9 heteroatoms. The van der Waals surface area contributed by atoms with Crippen LogP contribution in [0.1, 0.15) is 29.6 Å². The molecule has 1 atom stereocenters. The van der Waals surface area contributed by atoms with Gasteiger partial charge in [-0.1, -0.05) is 23.2 Å². The molecule has 1 fully saturated rings. The number of carbonyl (C=O) groups excluding carboxylic acids is 3. The second kappa shape index (κ2) is 7.61. The van der Waals surface area contributed by atoms with Crippen molar-refractivity contribution in [2.75, 3.05) is 13.2 Å². The number of ether oxygens (including phenoxy) is 1. The average Bonchev–Trinajstić information content (AvgIpc) is 2.54. The molecule has 0 saturated carbocycles. The first-order chi connectivity index (χ1) is 10.9. The summed E-state index contributed by atoms with van der Waals surface area (Å²) in [7, 11) is 0. The van der Waals surface area contributed by atoms with Gasteiger partial charge >= 0.3 is 5.97 Å². The third-order valence-electron chi connectivity index (χ3n) is 3.51. The Balaban J connectivity index is 1.96. The number of nitrogens with zero attached hydrogens (tertiary/aromatic N) is 2. The maximum absolute atomic E-state index is 12.1. The van der Waals surface area contributed by atoms with Gasteiger partial charge in [-0.2, -0.15) is 0 Å². The summed E-state index contributed by atoms with van der Waals surface area (Å²) < 4.78 is 4.94. The van der Waals surface area contributed by atoms with Gasteiger partial charge in [0.05, 0.1) is 10.6 Å². The monoisotopic (exact) mass is 359 g/mol. The van der Waals surface area contributed by atoms with Gasteiger partial charge in [0.2, 0.25) is 5.91 Å². The third-order valence-corrected chi connectivity index (χ3v) is 4.20. The molecule has 1 aliphatic rings. The predicted octanol–water partition coefficient (Wildman–Crippen LogP) is 1.41. The maximum Gasteiger partial charge on any atom is 0.340 e. The van der Waals surface area contributed by atoms with Crippen LogP contribution in [-0.4, -0.2) is 46.9 Å². The van der Waals surface area contributed by atoms with Gasteiger partial charge in [-0.25, -0.2) is 9.78 Å². The number of nitrogens with two attached hydrogens (primary N) is 1. The molecule has 23 heavy (non-hydrogen) atoms. The van der Waals surface area contributed by atoms with Crippen LogP contribution in [0.15, 0.2) is 12.3 Å². The van der Waals surface area contributed by atoms with E-state index in [2.05, 4.69) is 4.98 Å². The lowest BCUT2D eigenvalue weighted by atomic mass is 10.0. The minimum atomic E-state index is -0.753. The Hall–Kier alpha value is -1.86. The van der Waals surface area contributed by atoms with Crippen LogP contribution >= 0.6 is 23.2 Å². The smallest absolute Gasteiger partial charge is 0.340 e. The molecule has 0 unspecified atom stereocenters. The molecule has 1 aromatic rings. The maximum atomic E-state index is 12.1. The van der Waals surface area contributed by atoms with E-state index in [9.17, 15) is 14.4 Å².